The second-order valence-electron chi connectivity index (χ2n) is 3.92. The van der Waals surface area contributed by atoms with E-state index in [1.54, 1.807) is 6.07 Å². The Morgan fingerprint density at radius 3 is 2.42 bits per heavy atom. The predicted molar refractivity (Wildman–Crippen MR) is 69.6 cm³/mol. The van der Waals surface area contributed by atoms with E-state index in [4.69, 9.17) is 5.84 Å². The molecule has 0 bridgehead atoms. The number of benzene rings is 2. The highest BCUT2D eigenvalue weighted by Crippen LogP contribution is 2.28. The summed E-state index contributed by atoms with van der Waals surface area (Å²) in [6, 6.07) is 7.23. The molecule has 0 fully saturated rings. The molecule has 6 heteroatoms. The van der Waals surface area contributed by atoms with Crippen molar-refractivity contribution >= 4 is 15.9 Å². The second-order valence-corrected chi connectivity index (χ2v) is 4.77. The van der Waals surface area contributed by atoms with Crippen LogP contribution in [0.25, 0.3) is 0 Å². The van der Waals surface area contributed by atoms with Crippen LogP contribution in [0.15, 0.2) is 40.9 Å². The SMILES string of the molecule is NNC(c1ccc(F)c(F)c1)c1cccc(Br)c1F. The van der Waals surface area contributed by atoms with Gasteiger partial charge in [0.1, 0.15) is 5.82 Å². The van der Waals surface area contributed by atoms with E-state index in [0.717, 1.165) is 12.1 Å². The molecule has 19 heavy (non-hydrogen) atoms. The molecule has 0 heterocycles. The predicted octanol–water partition coefficient (Wildman–Crippen LogP) is 3.42. The molecule has 1 atom stereocenters. The number of nitrogens with one attached hydrogen (secondary N) is 1. The summed E-state index contributed by atoms with van der Waals surface area (Å²) in [6.07, 6.45) is 0. The van der Waals surface area contributed by atoms with Gasteiger partial charge < -0.3 is 0 Å². The Morgan fingerprint density at radius 1 is 1.05 bits per heavy atom. The van der Waals surface area contributed by atoms with Crippen molar-refractivity contribution in [3.05, 3.63) is 69.4 Å². The Hall–Kier alpha value is -1.37. The van der Waals surface area contributed by atoms with E-state index >= 15 is 0 Å². The Kier molecular flexibility index (Phi) is 4.24. The van der Waals surface area contributed by atoms with Crippen LogP contribution in [0.5, 0.6) is 0 Å². The molecule has 2 aromatic rings. The Balaban J connectivity index is 2.50. The molecule has 1 unspecified atom stereocenters. The lowest BCUT2D eigenvalue weighted by Gasteiger charge is -2.18. The van der Waals surface area contributed by atoms with Crippen molar-refractivity contribution in [3.8, 4) is 0 Å². The molecule has 0 saturated heterocycles. The van der Waals surface area contributed by atoms with Crippen LogP contribution in [0, 0.1) is 17.5 Å². The average molecular weight is 331 g/mol. The second kappa shape index (κ2) is 5.73. The van der Waals surface area contributed by atoms with Crippen molar-refractivity contribution in [2.24, 2.45) is 5.84 Å². The molecular formula is C13H10BrF3N2. The van der Waals surface area contributed by atoms with Crippen molar-refractivity contribution in [1.82, 2.24) is 5.43 Å². The van der Waals surface area contributed by atoms with E-state index in [-0.39, 0.29) is 10.0 Å². The van der Waals surface area contributed by atoms with Gasteiger partial charge in [0.15, 0.2) is 11.6 Å². The molecule has 0 radical (unpaired) electrons. The van der Waals surface area contributed by atoms with E-state index in [0.29, 0.717) is 5.56 Å². The van der Waals surface area contributed by atoms with Gasteiger partial charge in [-0.3, -0.25) is 5.84 Å². The van der Waals surface area contributed by atoms with E-state index in [1.165, 1.54) is 18.2 Å². The first kappa shape index (κ1) is 14.0. The van der Waals surface area contributed by atoms with Crippen molar-refractivity contribution in [2.75, 3.05) is 0 Å². The fourth-order valence-corrected chi connectivity index (χ4v) is 2.18. The number of hydrogen-bond donors (Lipinski definition) is 2. The summed E-state index contributed by atoms with van der Waals surface area (Å²) in [4.78, 5) is 0. The maximum Gasteiger partial charge on any atom is 0.159 e. The number of hydrazine groups is 1. The fraction of sp³-hybridized carbons (Fsp3) is 0.0769. The van der Waals surface area contributed by atoms with Gasteiger partial charge in [0, 0.05) is 5.56 Å². The lowest BCUT2D eigenvalue weighted by Crippen LogP contribution is -2.29. The summed E-state index contributed by atoms with van der Waals surface area (Å²) < 4.78 is 40.4. The summed E-state index contributed by atoms with van der Waals surface area (Å²) in [5, 5.41) is 0. The first-order valence-electron chi connectivity index (χ1n) is 5.39. The lowest BCUT2D eigenvalue weighted by molar-refractivity contribution is 0.501. The third kappa shape index (κ3) is 2.80. The monoisotopic (exact) mass is 330 g/mol. The molecule has 3 N–H and O–H groups in total. The molecule has 0 aromatic heterocycles. The van der Waals surface area contributed by atoms with E-state index in [2.05, 4.69) is 21.4 Å². The third-order valence-electron chi connectivity index (χ3n) is 2.74. The smallest absolute Gasteiger partial charge is 0.159 e. The summed E-state index contributed by atoms with van der Waals surface area (Å²) in [7, 11) is 0. The highest BCUT2D eigenvalue weighted by atomic mass is 79.9. The van der Waals surface area contributed by atoms with Gasteiger partial charge in [0.25, 0.3) is 0 Å². The van der Waals surface area contributed by atoms with E-state index < -0.39 is 23.5 Å². The zero-order chi connectivity index (χ0) is 14.0. The molecule has 2 rings (SSSR count). The van der Waals surface area contributed by atoms with Gasteiger partial charge in [-0.05, 0) is 39.7 Å². The Bertz CT molecular complexity index is 604. The highest BCUT2D eigenvalue weighted by Gasteiger charge is 2.19. The van der Waals surface area contributed by atoms with Crippen molar-refractivity contribution in [1.29, 1.82) is 0 Å². The summed E-state index contributed by atoms with van der Waals surface area (Å²) >= 11 is 3.06. The molecule has 0 spiro atoms. The van der Waals surface area contributed by atoms with Gasteiger partial charge in [0.2, 0.25) is 0 Å². The lowest BCUT2D eigenvalue weighted by atomic mass is 9.98. The Labute approximate surface area is 116 Å². The maximum absolute atomic E-state index is 14.0. The molecule has 0 aliphatic rings. The first-order chi connectivity index (χ1) is 9.04. The van der Waals surface area contributed by atoms with Gasteiger partial charge in [-0.1, -0.05) is 18.2 Å². The molecule has 2 nitrogen and oxygen atoms in total. The molecule has 100 valence electrons. The van der Waals surface area contributed by atoms with Gasteiger partial charge in [-0.25, -0.2) is 18.6 Å². The number of rotatable bonds is 3. The minimum absolute atomic E-state index is 0.239. The van der Waals surface area contributed by atoms with Crippen LogP contribution in [-0.2, 0) is 0 Å². The van der Waals surface area contributed by atoms with Gasteiger partial charge in [-0.15, -0.1) is 0 Å². The van der Waals surface area contributed by atoms with Crippen molar-refractivity contribution in [3.63, 3.8) is 0 Å². The van der Waals surface area contributed by atoms with Crippen LogP contribution in [-0.4, -0.2) is 0 Å². The summed E-state index contributed by atoms with van der Waals surface area (Å²) in [6.45, 7) is 0. The summed E-state index contributed by atoms with van der Waals surface area (Å²) in [5.41, 5.74) is 2.97. The van der Waals surface area contributed by atoms with Gasteiger partial charge in [-0.2, -0.15) is 0 Å². The summed E-state index contributed by atoms with van der Waals surface area (Å²) in [5.74, 6) is 2.92. The fourth-order valence-electron chi connectivity index (χ4n) is 1.80. The third-order valence-corrected chi connectivity index (χ3v) is 3.35. The quantitative estimate of drug-likeness (QED) is 0.668. The largest absolute Gasteiger partial charge is 0.271 e. The molecule has 0 aliphatic carbocycles. The van der Waals surface area contributed by atoms with E-state index in [1.807, 2.05) is 0 Å². The normalized spacial score (nSPS) is 12.5. The topological polar surface area (TPSA) is 38.0 Å². The Morgan fingerprint density at radius 2 is 1.79 bits per heavy atom. The first-order valence-corrected chi connectivity index (χ1v) is 6.19. The zero-order valence-corrected chi connectivity index (χ0v) is 11.2. The molecule has 0 saturated carbocycles. The number of halogens is 4. The molecule has 0 aliphatic heterocycles. The zero-order valence-electron chi connectivity index (χ0n) is 9.63. The minimum atomic E-state index is -1.01. The van der Waals surface area contributed by atoms with Crippen molar-refractivity contribution < 1.29 is 13.2 Å². The number of hydrogen-bond acceptors (Lipinski definition) is 2. The maximum atomic E-state index is 14.0. The number of nitrogens with two attached hydrogens (primary N) is 1. The molecule has 0 amide bonds. The average Bonchev–Trinajstić information content (AvgIpc) is 2.39. The molecule has 2 aromatic carbocycles. The van der Waals surface area contributed by atoms with Gasteiger partial charge >= 0.3 is 0 Å². The van der Waals surface area contributed by atoms with E-state index in [9.17, 15) is 13.2 Å². The van der Waals surface area contributed by atoms with Crippen LogP contribution in [0.3, 0.4) is 0 Å². The molecular weight excluding hydrogens is 321 g/mol. The standard InChI is InChI=1S/C13H10BrF3N2/c14-9-3-1-2-8(12(9)17)13(19-18)7-4-5-10(15)11(16)6-7/h1-6,13,19H,18H2. The van der Waals surface area contributed by atoms with Crippen LogP contribution >= 0.6 is 15.9 Å². The van der Waals surface area contributed by atoms with Crippen LogP contribution < -0.4 is 11.3 Å². The van der Waals surface area contributed by atoms with Crippen LogP contribution in [0.1, 0.15) is 17.2 Å². The van der Waals surface area contributed by atoms with Crippen molar-refractivity contribution in [2.45, 2.75) is 6.04 Å². The minimum Gasteiger partial charge on any atom is -0.271 e. The van der Waals surface area contributed by atoms with Gasteiger partial charge in [0.05, 0.1) is 10.5 Å². The van der Waals surface area contributed by atoms with Crippen LogP contribution in [0.2, 0.25) is 0 Å². The van der Waals surface area contributed by atoms with Crippen LogP contribution in [0.4, 0.5) is 13.2 Å². The highest BCUT2D eigenvalue weighted by molar-refractivity contribution is 9.10.